The van der Waals surface area contributed by atoms with E-state index in [0.29, 0.717) is 5.41 Å². The predicted octanol–water partition coefficient (Wildman–Crippen LogP) is 9.17. The number of benzene rings is 4. The smallest absolute Gasteiger partial charge is 0.00471 e. The van der Waals surface area contributed by atoms with Gasteiger partial charge in [-0.05, 0) is 128 Å². The molecule has 4 saturated carbocycles. The lowest BCUT2D eigenvalue weighted by molar-refractivity contribution is -0.0502. The van der Waals surface area contributed by atoms with Gasteiger partial charge in [-0.1, -0.05) is 97.1 Å². The fourth-order valence-electron chi connectivity index (χ4n) is 9.10. The molecule has 0 radical (unpaired) electrons. The molecule has 0 nitrogen and oxygen atoms in total. The molecular formula is C38H42P2. The normalized spacial score (nSPS) is 26.9. The average Bonchev–Trinajstić information content (AvgIpc) is 2.98. The highest BCUT2D eigenvalue weighted by molar-refractivity contribution is 7.72. The van der Waals surface area contributed by atoms with E-state index in [2.05, 4.69) is 120 Å². The van der Waals surface area contributed by atoms with Gasteiger partial charge in [0.2, 0.25) is 0 Å². The first-order chi connectivity index (χ1) is 19.6. The van der Waals surface area contributed by atoms with Gasteiger partial charge in [-0.3, -0.25) is 0 Å². The molecule has 0 N–H and O–H groups in total. The summed E-state index contributed by atoms with van der Waals surface area (Å²) in [5.41, 5.74) is 9.14. The maximum atomic E-state index is 3.25. The predicted molar refractivity (Wildman–Crippen MR) is 177 cm³/mol. The summed E-state index contributed by atoms with van der Waals surface area (Å²) in [6, 6.07) is 37.0. The van der Waals surface area contributed by atoms with Gasteiger partial charge < -0.3 is 0 Å². The molecule has 4 aliphatic rings. The Labute approximate surface area is 245 Å². The topological polar surface area (TPSA) is 0 Å². The molecule has 1 unspecified atom stereocenters. The second-order valence-electron chi connectivity index (χ2n) is 12.9. The summed E-state index contributed by atoms with van der Waals surface area (Å²) in [5, 5.41) is 3.07. The summed E-state index contributed by atoms with van der Waals surface area (Å²) in [5.74, 6) is 3.64. The van der Waals surface area contributed by atoms with Gasteiger partial charge in [0.05, 0.1) is 0 Å². The van der Waals surface area contributed by atoms with Crippen LogP contribution >= 0.6 is 17.2 Å². The molecule has 0 saturated heterocycles. The summed E-state index contributed by atoms with van der Waals surface area (Å²) in [6.45, 7) is 4.62. The summed E-state index contributed by atoms with van der Waals surface area (Å²) >= 11 is 0. The van der Waals surface area contributed by atoms with Crippen molar-refractivity contribution in [3.63, 3.8) is 0 Å². The Morgan fingerprint density at radius 3 is 1.75 bits per heavy atom. The molecule has 1 atom stereocenters. The van der Waals surface area contributed by atoms with Crippen LogP contribution in [0.5, 0.6) is 0 Å². The molecule has 0 aromatic heterocycles. The van der Waals surface area contributed by atoms with E-state index in [-0.39, 0.29) is 0 Å². The summed E-state index contributed by atoms with van der Waals surface area (Å²) in [4.78, 5) is 0. The third-order valence-corrected chi connectivity index (χ3v) is 14.3. The molecule has 4 aromatic rings. The molecule has 0 amide bonds. The SMILES string of the molecule is Cc1ccccc1P(Cc1cc(-c2ccccc2)ccc1C1(CP)C2CC3CC(C2)CC1C3)c1ccccc1C. The van der Waals surface area contributed by atoms with Crippen LogP contribution in [0.2, 0.25) is 0 Å². The van der Waals surface area contributed by atoms with Crippen molar-refractivity contribution in [3.8, 4) is 11.1 Å². The van der Waals surface area contributed by atoms with Crippen molar-refractivity contribution in [3.05, 3.63) is 119 Å². The molecule has 204 valence electrons. The highest BCUT2D eigenvalue weighted by Crippen LogP contribution is 2.64. The van der Waals surface area contributed by atoms with Crippen molar-refractivity contribution < 1.29 is 0 Å². The van der Waals surface area contributed by atoms with Crippen molar-refractivity contribution in [2.24, 2.45) is 23.7 Å². The minimum atomic E-state index is -0.536. The fraction of sp³-hybridized carbons (Fsp3) is 0.368. The molecule has 8 rings (SSSR count). The third kappa shape index (κ3) is 4.52. The highest BCUT2D eigenvalue weighted by atomic mass is 31.1. The van der Waals surface area contributed by atoms with Gasteiger partial charge in [0.1, 0.15) is 0 Å². The first-order valence-corrected chi connectivity index (χ1v) is 17.7. The zero-order valence-corrected chi connectivity index (χ0v) is 26.1. The van der Waals surface area contributed by atoms with Gasteiger partial charge in [-0.15, -0.1) is 9.24 Å². The minimum absolute atomic E-state index is 0.307. The highest BCUT2D eigenvalue weighted by Gasteiger charge is 2.57. The Hall–Kier alpha value is -2.26. The first kappa shape index (κ1) is 26.6. The number of hydrogen-bond donors (Lipinski definition) is 0. The largest absolute Gasteiger partial charge is 0.137 e. The zero-order valence-electron chi connectivity index (χ0n) is 24.0. The Balaban J connectivity index is 1.41. The van der Waals surface area contributed by atoms with Gasteiger partial charge >= 0.3 is 0 Å². The Morgan fingerprint density at radius 1 is 0.650 bits per heavy atom. The quantitative estimate of drug-likeness (QED) is 0.198. The van der Waals surface area contributed by atoms with E-state index in [0.717, 1.165) is 29.8 Å². The monoisotopic (exact) mass is 560 g/mol. The third-order valence-electron chi connectivity index (χ3n) is 10.8. The summed E-state index contributed by atoms with van der Waals surface area (Å²) in [6.07, 6.45) is 9.62. The van der Waals surface area contributed by atoms with Crippen LogP contribution in [0.4, 0.5) is 0 Å². The molecule has 0 heterocycles. The minimum Gasteiger partial charge on any atom is -0.137 e. The van der Waals surface area contributed by atoms with Crippen LogP contribution in [0.1, 0.15) is 54.4 Å². The number of rotatable bonds is 7. The van der Waals surface area contributed by atoms with Gasteiger partial charge in [-0.25, -0.2) is 0 Å². The van der Waals surface area contributed by atoms with E-state index in [4.69, 9.17) is 0 Å². The van der Waals surface area contributed by atoms with Gasteiger partial charge in [0, 0.05) is 11.6 Å². The molecule has 4 aromatic carbocycles. The van der Waals surface area contributed by atoms with Crippen LogP contribution < -0.4 is 10.6 Å². The van der Waals surface area contributed by atoms with Crippen LogP contribution in [-0.4, -0.2) is 6.16 Å². The van der Waals surface area contributed by atoms with Crippen LogP contribution in [0, 0.1) is 37.5 Å². The standard InChI is InChI=1S/C38H42P2/c1-26-10-6-8-14-36(26)40(37-15-9-7-11-27(37)2)24-32-23-31(30-12-4-3-5-13-30)16-17-35(32)38(25-39)33-19-28-18-29(21-33)22-34(38)20-28/h3-17,23,28-29,33-34H,18-22,24-25,39H2,1-2H3. The van der Waals surface area contributed by atoms with Crippen LogP contribution in [0.3, 0.4) is 0 Å². The number of hydrogen-bond acceptors (Lipinski definition) is 0. The van der Waals surface area contributed by atoms with Crippen molar-refractivity contribution in [1.82, 2.24) is 0 Å². The maximum absolute atomic E-state index is 3.25. The molecule has 0 aliphatic heterocycles. The van der Waals surface area contributed by atoms with E-state index < -0.39 is 7.92 Å². The van der Waals surface area contributed by atoms with Crippen LogP contribution in [0.25, 0.3) is 11.1 Å². The number of aryl methyl sites for hydroxylation is 2. The van der Waals surface area contributed by atoms with E-state index >= 15 is 0 Å². The lowest BCUT2D eigenvalue weighted by atomic mass is 9.44. The molecule has 0 spiro atoms. The average molecular weight is 561 g/mol. The molecule has 4 fully saturated rings. The fourth-order valence-corrected chi connectivity index (χ4v) is 12.7. The molecule has 40 heavy (non-hydrogen) atoms. The van der Waals surface area contributed by atoms with E-state index in [1.165, 1.54) is 71.1 Å². The second-order valence-corrected chi connectivity index (χ2v) is 15.5. The lowest BCUT2D eigenvalue weighted by Gasteiger charge is -2.62. The van der Waals surface area contributed by atoms with Crippen molar-refractivity contribution in [1.29, 1.82) is 0 Å². The van der Waals surface area contributed by atoms with E-state index in [9.17, 15) is 0 Å². The van der Waals surface area contributed by atoms with Crippen LogP contribution in [-0.2, 0) is 11.6 Å². The Morgan fingerprint density at radius 2 is 1.20 bits per heavy atom. The molecule has 4 bridgehead atoms. The Bertz CT molecular complexity index is 1430. The van der Waals surface area contributed by atoms with Crippen molar-refractivity contribution in [2.45, 2.75) is 57.5 Å². The van der Waals surface area contributed by atoms with Crippen LogP contribution in [0.15, 0.2) is 97.1 Å². The Kier molecular flexibility index (Phi) is 7.23. The first-order valence-electron chi connectivity index (χ1n) is 15.3. The molecule has 4 aliphatic carbocycles. The second kappa shape index (κ2) is 10.9. The van der Waals surface area contributed by atoms with Gasteiger partial charge in [-0.2, -0.15) is 0 Å². The van der Waals surface area contributed by atoms with E-state index in [1.807, 2.05) is 0 Å². The molecular weight excluding hydrogens is 518 g/mol. The summed E-state index contributed by atoms with van der Waals surface area (Å²) < 4.78 is 0. The lowest BCUT2D eigenvalue weighted by Crippen LogP contribution is -2.56. The van der Waals surface area contributed by atoms with E-state index in [1.54, 1.807) is 11.1 Å². The zero-order chi connectivity index (χ0) is 27.3. The van der Waals surface area contributed by atoms with Gasteiger partial charge in [0.25, 0.3) is 0 Å². The van der Waals surface area contributed by atoms with Gasteiger partial charge in [0.15, 0.2) is 0 Å². The van der Waals surface area contributed by atoms with Crippen molar-refractivity contribution in [2.75, 3.05) is 6.16 Å². The molecule has 2 heteroatoms. The maximum Gasteiger partial charge on any atom is 0.00471 e. The van der Waals surface area contributed by atoms with Crippen molar-refractivity contribution >= 4 is 27.8 Å². The summed E-state index contributed by atoms with van der Waals surface area (Å²) in [7, 11) is 2.72.